The molecule has 206 valence electrons. The van der Waals surface area contributed by atoms with E-state index in [1.807, 2.05) is 13.8 Å². The third-order valence-corrected chi connectivity index (χ3v) is 14.9. The first-order valence-electron chi connectivity index (χ1n) is 14.5. The molecular weight excluding hydrogens is 597 g/mol. The van der Waals surface area contributed by atoms with Crippen LogP contribution in [0, 0.1) is 45.8 Å². The normalized spacial score (nSPS) is 58.1. The van der Waals surface area contributed by atoms with Gasteiger partial charge in [-0.25, -0.2) is 0 Å². The lowest BCUT2D eigenvalue weighted by molar-refractivity contribution is -0.293. The second-order valence-electron chi connectivity index (χ2n) is 14.3. The number of ketones is 1. The number of carbonyl (C=O) groups is 2. The van der Waals surface area contributed by atoms with E-state index in [1.165, 1.54) is 5.70 Å². The van der Waals surface area contributed by atoms with E-state index < -0.39 is 16.6 Å². The van der Waals surface area contributed by atoms with Crippen LogP contribution in [-0.4, -0.2) is 63.1 Å². The van der Waals surface area contributed by atoms with Gasteiger partial charge in [0.05, 0.1) is 29.7 Å². The van der Waals surface area contributed by atoms with Gasteiger partial charge in [-0.2, -0.15) is 0 Å². The third-order valence-electron chi connectivity index (χ3n) is 12.7. The number of allylic oxidation sites excluding steroid dienone is 3. The van der Waals surface area contributed by atoms with Crippen LogP contribution in [0.5, 0.6) is 0 Å². The van der Waals surface area contributed by atoms with Crippen molar-refractivity contribution in [2.45, 2.75) is 81.3 Å². The van der Waals surface area contributed by atoms with E-state index in [1.54, 1.807) is 6.08 Å². The van der Waals surface area contributed by atoms with E-state index in [9.17, 15) is 14.7 Å². The van der Waals surface area contributed by atoms with Crippen LogP contribution in [0.15, 0.2) is 23.4 Å². The molecule has 12 unspecified atom stereocenters. The number of ether oxygens (including phenoxy) is 3. The van der Waals surface area contributed by atoms with Gasteiger partial charge in [-0.1, -0.05) is 55.0 Å². The fourth-order valence-electron chi connectivity index (χ4n) is 11.1. The number of aliphatic hydroxyl groups is 1. The van der Waals surface area contributed by atoms with Crippen molar-refractivity contribution in [1.29, 1.82) is 0 Å². The standard InChI is InChI=1S/C30H38INO6/c1-15-7-19-23(20(33)8-15)17(3)30(35)25-27(19,13-37-30)10-21-26(4,28(25)11-22(34)36-14-28)5-6-29-24(31)16(2)9-18(38-29)12-32(21)29/h8,10,16-19,23-25,35H,5-7,9,11-14H2,1-4H3. The van der Waals surface area contributed by atoms with Crippen molar-refractivity contribution in [2.24, 2.45) is 45.8 Å². The molecule has 5 heterocycles. The molecule has 12 atom stereocenters. The first kappa shape index (κ1) is 24.8. The molecule has 6 fully saturated rings. The highest BCUT2D eigenvalue weighted by Gasteiger charge is 2.82. The average molecular weight is 636 g/mol. The maximum absolute atomic E-state index is 13.5. The lowest BCUT2D eigenvalue weighted by Gasteiger charge is -2.68. The Kier molecular flexibility index (Phi) is 4.74. The average Bonchev–Trinajstić information content (AvgIpc) is 3.49. The number of carbonyl (C=O) groups excluding carboxylic acids is 2. The zero-order valence-corrected chi connectivity index (χ0v) is 24.8. The summed E-state index contributed by atoms with van der Waals surface area (Å²) < 4.78 is 19.6. The molecular formula is C30H38INO6. The minimum Gasteiger partial charge on any atom is -0.465 e. The Bertz CT molecular complexity index is 1230. The predicted molar refractivity (Wildman–Crippen MR) is 146 cm³/mol. The molecule has 5 saturated heterocycles. The molecule has 0 radical (unpaired) electrons. The van der Waals surface area contributed by atoms with Gasteiger partial charge in [-0.05, 0) is 50.5 Å². The minimum absolute atomic E-state index is 0.0162. The zero-order chi connectivity index (χ0) is 26.6. The molecule has 0 aromatic rings. The number of piperidine rings is 1. The fraction of sp³-hybridized carbons (Fsp3) is 0.800. The van der Waals surface area contributed by atoms with Crippen LogP contribution in [0.25, 0.3) is 0 Å². The molecule has 2 spiro atoms. The number of hydrogen-bond acceptors (Lipinski definition) is 7. The monoisotopic (exact) mass is 635 g/mol. The van der Waals surface area contributed by atoms with Crippen LogP contribution >= 0.6 is 22.6 Å². The first-order valence-corrected chi connectivity index (χ1v) is 15.7. The summed E-state index contributed by atoms with van der Waals surface area (Å²) in [7, 11) is 0. The quantitative estimate of drug-likeness (QED) is 0.245. The molecule has 38 heavy (non-hydrogen) atoms. The summed E-state index contributed by atoms with van der Waals surface area (Å²) in [6.07, 6.45) is 8.33. The van der Waals surface area contributed by atoms with Crippen LogP contribution in [0.2, 0.25) is 0 Å². The molecule has 0 aromatic heterocycles. The van der Waals surface area contributed by atoms with Crippen molar-refractivity contribution in [3.8, 4) is 0 Å². The molecule has 8 aliphatic rings. The maximum atomic E-state index is 13.5. The van der Waals surface area contributed by atoms with Crippen LogP contribution in [0.1, 0.15) is 59.8 Å². The molecule has 3 aliphatic carbocycles. The van der Waals surface area contributed by atoms with Gasteiger partial charge >= 0.3 is 5.97 Å². The Hall–Kier alpha value is -0.970. The van der Waals surface area contributed by atoms with E-state index in [2.05, 4.69) is 47.4 Å². The summed E-state index contributed by atoms with van der Waals surface area (Å²) in [5, 5.41) is 12.5. The summed E-state index contributed by atoms with van der Waals surface area (Å²) in [4.78, 5) is 29.1. The number of esters is 1. The number of fused-ring (bicyclic) bond motifs is 5. The van der Waals surface area contributed by atoms with Gasteiger partial charge in [0.15, 0.2) is 17.3 Å². The van der Waals surface area contributed by atoms with Gasteiger partial charge in [-0.3, -0.25) is 9.59 Å². The van der Waals surface area contributed by atoms with Crippen molar-refractivity contribution in [1.82, 2.24) is 4.90 Å². The molecule has 4 bridgehead atoms. The minimum atomic E-state index is -1.48. The maximum Gasteiger partial charge on any atom is 0.306 e. The second-order valence-corrected chi connectivity index (χ2v) is 15.6. The van der Waals surface area contributed by atoms with Crippen molar-refractivity contribution in [2.75, 3.05) is 19.8 Å². The Morgan fingerprint density at radius 3 is 2.71 bits per heavy atom. The van der Waals surface area contributed by atoms with Gasteiger partial charge in [0.25, 0.3) is 0 Å². The molecule has 8 heteroatoms. The smallest absolute Gasteiger partial charge is 0.306 e. The summed E-state index contributed by atoms with van der Waals surface area (Å²) in [5.41, 5.74) is 0.449. The number of hydrogen-bond donors (Lipinski definition) is 1. The lowest BCUT2D eigenvalue weighted by Crippen LogP contribution is -2.72. The molecule has 8 rings (SSSR count). The van der Waals surface area contributed by atoms with Gasteiger partial charge in [0.1, 0.15) is 0 Å². The molecule has 1 N–H and O–H groups in total. The number of alkyl halides is 1. The summed E-state index contributed by atoms with van der Waals surface area (Å²) in [5.74, 6) is -1.97. The number of nitrogens with zero attached hydrogens (tertiary/aromatic N) is 1. The van der Waals surface area contributed by atoms with Crippen molar-refractivity contribution in [3.63, 3.8) is 0 Å². The highest BCUT2D eigenvalue weighted by atomic mass is 127. The molecule has 5 aliphatic heterocycles. The zero-order valence-electron chi connectivity index (χ0n) is 22.7. The highest BCUT2D eigenvalue weighted by molar-refractivity contribution is 14.1. The van der Waals surface area contributed by atoms with Gasteiger partial charge < -0.3 is 24.2 Å². The summed E-state index contributed by atoms with van der Waals surface area (Å²) >= 11 is 2.62. The van der Waals surface area contributed by atoms with Gasteiger partial charge in [0.2, 0.25) is 0 Å². The van der Waals surface area contributed by atoms with Crippen LogP contribution in [0.3, 0.4) is 0 Å². The highest BCUT2D eigenvalue weighted by Crippen LogP contribution is 2.78. The van der Waals surface area contributed by atoms with E-state index >= 15 is 0 Å². The van der Waals surface area contributed by atoms with Gasteiger partial charge in [0, 0.05) is 46.2 Å². The van der Waals surface area contributed by atoms with Crippen molar-refractivity contribution >= 4 is 34.3 Å². The van der Waals surface area contributed by atoms with E-state index in [0.29, 0.717) is 23.1 Å². The topological polar surface area (TPSA) is 85.3 Å². The van der Waals surface area contributed by atoms with Crippen LogP contribution < -0.4 is 0 Å². The van der Waals surface area contributed by atoms with E-state index in [-0.39, 0.29) is 59.1 Å². The summed E-state index contributed by atoms with van der Waals surface area (Å²) in [6.45, 7) is 10.2. The lowest BCUT2D eigenvalue weighted by atomic mass is 9.37. The Balaban J connectivity index is 1.40. The summed E-state index contributed by atoms with van der Waals surface area (Å²) in [6, 6.07) is 0. The number of halogens is 1. The Labute approximate surface area is 237 Å². The predicted octanol–water partition coefficient (Wildman–Crippen LogP) is 3.98. The Morgan fingerprint density at radius 1 is 1.18 bits per heavy atom. The van der Waals surface area contributed by atoms with E-state index in [4.69, 9.17) is 14.2 Å². The molecule has 0 amide bonds. The molecule has 0 aromatic carbocycles. The third kappa shape index (κ3) is 2.51. The first-order chi connectivity index (χ1) is 17.9. The van der Waals surface area contributed by atoms with Crippen LogP contribution in [0.4, 0.5) is 0 Å². The SMILES string of the molecule is CC1=CC(=O)C2C(C1)C13C=C4N5CC6CC(C)C(I)C5(CCC4(C)C4(COC(=O)C4)C1C(O)(OC3)C2C)O6. The molecule has 1 saturated carbocycles. The number of cyclic esters (lactones) is 1. The Morgan fingerprint density at radius 2 is 1.97 bits per heavy atom. The van der Waals surface area contributed by atoms with Crippen LogP contribution in [-0.2, 0) is 23.8 Å². The molecule has 7 nitrogen and oxygen atoms in total. The van der Waals surface area contributed by atoms with Crippen molar-refractivity contribution < 1.29 is 28.9 Å². The second kappa shape index (κ2) is 7.26. The van der Waals surface area contributed by atoms with Gasteiger partial charge in [-0.15, -0.1) is 0 Å². The number of rotatable bonds is 0. The van der Waals surface area contributed by atoms with E-state index in [0.717, 1.165) is 37.8 Å². The van der Waals surface area contributed by atoms with Crippen molar-refractivity contribution in [3.05, 3.63) is 23.4 Å². The largest absolute Gasteiger partial charge is 0.465 e. The fourth-order valence-corrected chi connectivity index (χ4v) is 12.2.